The SMILES string of the molecule is COc1ccc2c(c1)CCC2(CC(=O)O)c1ccc(Cl)cc1. The number of hydrogen-bond acceptors (Lipinski definition) is 2. The van der Waals surface area contributed by atoms with E-state index in [1.807, 2.05) is 42.5 Å². The highest BCUT2D eigenvalue weighted by atomic mass is 35.5. The largest absolute Gasteiger partial charge is 0.497 e. The van der Waals surface area contributed by atoms with Crippen LogP contribution in [0.2, 0.25) is 5.02 Å². The number of fused-ring (bicyclic) bond motifs is 1. The summed E-state index contributed by atoms with van der Waals surface area (Å²) in [6, 6.07) is 13.4. The molecule has 0 amide bonds. The van der Waals surface area contributed by atoms with E-state index < -0.39 is 11.4 Å². The van der Waals surface area contributed by atoms with Gasteiger partial charge in [-0.05, 0) is 53.8 Å². The van der Waals surface area contributed by atoms with E-state index in [4.69, 9.17) is 16.3 Å². The number of carboxylic acid groups (broad SMARTS) is 1. The van der Waals surface area contributed by atoms with Crippen LogP contribution in [0.1, 0.15) is 29.5 Å². The van der Waals surface area contributed by atoms with E-state index in [2.05, 4.69) is 0 Å². The number of benzene rings is 2. The molecule has 1 aliphatic rings. The van der Waals surface area contributed by atoms with Crippen LogP contribution in [-0.2, 0) is 16.6 Å². The van der Waals surface area contributed by atoms with Gasteiger partial charge in [0.2, 0.25) is 0 Å². The zero-order valence-corrected chi connectivity index (χ0v) is 13.1. The molecule has 1 N–H and O–H groups in total. The zero-order chi connectivity index (χ0) is 15.7. The highest BCUT2D eigenvalue weighted by molar-refractivity contribution is 6.30. The highest BCUT2D eigenvalue weighted by Crippen LogP contribution is 2.47. The molecule has 0 heterocycles. The van der Waals surface area contributed by atoms with E-state index >= 15 is 0 Å². The van der Waals surface area contributed by atoms with Crippen LogP contribution in [0.25, 0.3) is 0 Å². The second kappa shape index (κ2) is 5.65. The Kier molecular flexibility index (Phi) is 3.83. The first kappa shape index (κ1) is 14.9. The van der Waals surface area contributed by atoms with Crippen molar-refractivity contribution in [2.75, 3.05) is 7.11 Å². The van der Waals surface area contributed by atoms with Crippen LogP contribution < -0.4 is 4.74 Å². The van der Waals surface area contributed by atoms with Gasteiger partial charge >= 0.3 is 5.97 Å². The Hall–Kier alpha value is -2.00. The zero-order valence-electron chi connectivity index (χ0n) is 12.3. The van der Waals surface area contributed by atoms with Gasteiger partial charge in [0.25, 0.3) is 0 Å². The van der Waals surface area contributed by atoms with Crippen LogP contribution in [0.4, 0.5) is 0 Å². The molecule has 3 nitrogen and oxygen atoms in total. The van der Waals surface area contributed by atoms with Crippen molar-refractivity contribution in [3.05, 3.63) is 64.2 Å². The van der Waals surface area contributed by atoms with Crippen LogP contribution in [0.5, 0.6) is 5.75 Å². The lowest BCUT2D eigenvalue weighted by atomic mass is 9.73. The van der Waals surface area contributed by atoms with Crippen LogP contribution in [0, 0.1) is 0 Å². The number of carboxylic acids is 1. The predicted molar refractivity (Wildman–Crippen MR) is 85.8 cm³/mol. The van der Waals surface area contributed by atoms with Crippen LogP contribution in [0.3, 0.4) is 0 Å². The van der Waals surface area contributed by atoms with E-state index in [0.717, 1.165) is 35.3 Å². The van der Waals surface area contributed by atoms with Crippen molar-refractivity contribution in [2.45, 2.75) is 24.7 Å². The van der Waals surface area contributed by atoms with Crippen molar-refractivity contribution in [3.8, 4) is 5.75 Å². The first-order chi connectivity index (χ1) is 10.5. The van der Waals surface area contributed by atoms with Gasteiger partial charge < -0.3 is 9.84 Å². The minimum absolute atomic E-state index is 0.0773. The molecule has 2 aromatic rings. The fourth-order valence-electron chi connectivity index (χ4n) is 3.47. The Morgan fingerprint density at radius 2 is 2.00 bits per heavy atom. The number of ether oxygens (including phenoxy) is 1. The molecule has 2 aromatic carbocycles. The molecule has 0 spiro atoms. The number of methoxy groups -OCH3 is 1. The molecule has 1 atom stereocenters. The van der Waals surface area contributed by atoms with Gasteiger partial charge in [-0.2, -0.15) is 0 Å². The molecule has 3 rings (SSSR count). The first-order valence-electron chi connectivity index (χ1n) is 7.20. The molecule has 114 valence electrons. The highest BCUT2D eigenvalue weighted by Gasteiger charge is 2.42. The quantitative estimate of drug-likeness (QED) is 0.925. The summed E-state index contributed by atoms with van der Waals surface area (Å²) in [4.78, 5) is 11.5. The van der Waals surface area contributed by atoms with Gasteiger partial charge in [-0.25, -0.2) is 0 Å². The van der Waals surface area contributed by atoms with Gasteiger partial charge in [0.1, 0.15) is 5.75 Å². The molecule has 0 aliphatic heterocycles. The molecule has 0 radical (unpaired) electrons. The molecular formula is C18H17ClO3. The number of carbonyl (C=O) groups is 1. The van der Waals surface area contributed by atoms with Crippen molar-refractivity contribution in [2.24, 2.45) is 0 Å². The fraction of sp³-hybridized carbons (Fsp3) is 0.278. The maximum Gasteiger partial charge on any atom is 0.304 e. The second-order valence-electron chi connectivity index (χ2n) is 5.68. The van der Waals surface area contributed by atoms with Crippen molar-refractivity contribution in [3.63, 3.8) is 0 Å². The van der Waals surface area contributed by atoms with Gasteiger partial charge in [-0.15, -0.1) is 0 Å². The minimum Gasteiger partial charge on any atom is -0.497 e. The number of halogens is 1. The van der Waals surface area contributed by atoms with Gasteiger partial charge in [0.05, 0.1) is 13.5 Å². The van der Waals surface area contributed by atoms with Crippen molar-refractivity contribution in [1.82, 2.24) is 0 Å². The summed E-state index contributed by atoms with van der Waals surface area (Å²) >= 11 is 5.98. The third kappa shape index (κ3) is 2.46. The Morgan fingerprint density at radius 3 is 2.64 bits per heavy atom. The van der Waals surface area contributed by atoms with Gasteiger partial charge in [-0.1, -0.05) is 29.8 Å². The lowest BCUT2D eigenvalue weighted by Gasteiger charge is -2.30. The van der Waals surface area contributed by atoms with E-state index in [0.29, 0.717) is 5.02 Å². The molecule has 0 bridgehead atoms. The third-order valence-electron chi connectivity index (χ3n) is 4.50. The normalized spacial score (nSPS) is 19.7. The van der Waals surface area contributed by atoms with Gasteiger partial charge in [-0.3, -0.25) is 4.79 Å². The smallest absolute Gasteiger partial charge is 0.304 e. The topological polar surface area (TPSA) is 46.5 Å². The Balaban J connectivity index is 2.14. The van der Waals surface area contributed by atoms with Crippen LogP contribution in [0.15, 0.2) is 42.5 Å². The first-order valence-corrected chi connectivity index (χ1v) is 7.58. The summed E-state index contributed by atoms with van der Waals surface area (Å²) in [6.07, 6.45) is 1.71. The lowest BCUT2D eigenvalue weighted by Crippen LogP contribution is -2.28. The molecule has 22 heavy (non-hydrogen) atoms. The average molecular weight is 317 g/mol. The molecule has 0 aromatic heterocycles. The molecule has 0 saturated carbocycles. The predicted octanol–water partition coefficient (Wildman–Crippen LogP) is 4.06. The number of aryl methyl sites for hydroxylation is 1. The Labute approximate surface area is 134 Å². The van der Waals surface area contributed by atoms with E-state index in [1.165, 1.54) is 0 Å². The van der Waals surface area contributed by atoms with E-state index in [-0.39, 0.29) is 6.42 Å². The summed E-state index contributed by atoms with van der Waals surface area (Å²) < 4.78 is 5.28. The minimum atomic E-state index is -0.793. The maximum atomic E-state index is 11.5. The van der Waals surface area contributed by atoms with Crippen LogP contribution in [-0.4, -0.2) is 18.2 Å². The summed E-state index contributed by atoms with van der Waals surface area (Å²) in [6.45, 7) is 0. The van der Waals surface area contributed by atoms with E-state index in [9.17, 15) is 9.90 Å². The molecule has 4 heteroatoms. The van der Waals surface area contributed by atoms with Crippen molar-refractivity contribution < 1.29 is 14.6 Å². The summed E-state index contributed by atoms with van der Waals surface area (Å²) in [7, 11) is 1.64. The molecular weight excluding hydrogens is 300 g/mol. The average Bonchev–Trinajstić information content (AvgIpc) is 2.86. The molecule has 0 saturated heterocycles. The van der Waals surface area contributed by atoms with Crippen molar-refractivity contribution in [1.29, 1.82) is 0 Å². The lowest BCUT2D eigenvalue weighted by molar-refractivity contribution is -0.138. The van der Waals surface area contributed by atoms with Crippen molar-refractivity contribution >= 4 is 17.6 Å². The third-order valence-corrected chi connectivity index (χ3v) is 4.75. The monoisotopic (exact) mass is 316 g/mol. The number of aliphatic carboxylic acids is 1. The Morgan fingerprint density at radius 1 is 1.27 bits per heavy atom. The maximum absolute atomic E-state index is 11.5. The molecule has 1 aliphatic carbocycles. The Bertz CT molecular complexity index is 709. The summed E-state index contributed by atoms with van der Waals surface area (Å²) in [5.41, 5.74) is 2.76. The van der Waals surface area contributed by atoms with Gasteiger partial charge in [0, 0.05) is 10.4 Å². The standard InChI is InChI=1S/C18H17ClO3/c1-22-15-6-7-16-12(10-15)8-9-18(16,11-17(20)21)13-2-4-14(19)5-3-13/h2-7,10H,8-9,11H2,1H3,(H,20,21). The summed E-state index contributed by atoms with van der Waals surface area (Å²) in [5, 5.41) is 10.1. The molecule has 1 unspecified atom stereocenters. The van der Waals surface area contributed by atoms with Crippen LogP contribution >= 0.6 is 11.6 Å². The summed E-state index contributed by atoms with van der Waals surface area (Å²) in [5.74, 6) is 0.0135. The van der Waals surface area contributed by atoms with Gasteiger partial charge in [0.15, 0.2) is 0 Å². The number of hydrogen-bond donors (Lipinski definition) is 1. The fourth-order valence-corrected chi connectivity index (χ4v) is 3.59. The molecule has 0 fully saturated rings. The van der Waals surface area contributed by atoms with E-state index in [1.54, 1.807) is 7.11 Å². The second-order valence-corrected chi connectivity index (χ2v) is 6.12. The number of rotatable bonds is 4.